The fourth-order valence-electron chi connectivity index (χ4n) is 3.38. The molecule has 2 heterocycles. The standard InChI is InChI=1S/C22H22ClN5O2/c1-27-13-20-19(12-28(22(27)29)17-7-5-16(23)6-8-17)21(26-14-25-20)24-11-15-3-9-18(30-2)10-4-15/h3-10,14H,11-13H2,1-2H3,(H,24,25,26). The number of carbonyl (C=O) groups is 1. The van der Waals surface area contributed by atoms with Crippen molar-refractivity contribution in [3.05, 3.63) is 76.7 Å². The summed E-state index contributed by atoms with van der Waals surface area (Å²) >= 11 is 6.02. The highest BCUT2D eigenvalue weighted by Crippen LogP contribution is 2.28. The first-order valence-corrected chi connectivity index (χ1v) is 9.90. The van der Waals surface area contributed by atoms with Gasteiger partial charge < -0.3 is 15.0 Å². The van der Waals surface area contributed by atoms with Gasteiger partial charge in [0.1, 0.15) is 17.9 Å². The molecule has 2 amide bonds. The average molecular weight is 424 g/mol. The fourth-order valence-corrected chi connectivity index (χ4v) is 3.51. The molecule has 2 aromatic carbocycles. The number of halogens is 1. The summed E-state index contributed by atoms with van der Waals surface area (Å²) in [5.74, 6) is 1.53. The van der Waals surface area contributed by atoms with Crippen molar-refractivity contribution >= 4 is 29.1 Å². The maximum Gasteiger partial charge on any atom is 0.324 e. The van der Waals surface area contributed by atoms with Crippen molar-refractivity contribution in [2.75, 3.05) is 24.4 Å². The number of hydrogen-bond donors (Lipinski definition) is 1. The van der Waals surface area contributed by atoms with Crippen LogP contribution in [0.5, 0.6) is 5.75 Å². The quantitative estimate of drug-likeness (QED) is 0.661. The van der Waals surface area contributed by atoms with Gasteiger partial charge >= 0.3 is 6.03 Å². The Morgan fingerprint density at radius 3 is 2.50 bits per heavy atom. The SMILES string of the molecule is COc1ccc(CNc2ncnc3c2CN(c2ccc(Cl)cc2)C(=O)N(C)C3)cc1. The number of amides is 2. The molecule has 1 aromatic heterocycles. The number of rotatable bonds is 5. The highest BCUT2D eigenvalue weighted by Gasteiger charge is 2.28. The van der Waals surface area contributed by atoms with Gasteiger partial charge in [0, 0.05) is 29.9 Å². The van der Waals surface area contributed by atoms with Crippen LogP contribution in [0.15, 0.2) is 54.9 Å². The van der Waals surface area contributed by atoms with E-state index in [1.165, 1.54) is 6.33 Å². The summed E-state index contributed by atoms with van der Waals surface area (Å²) in [5.41, 5.74) is 3.60. The molecule has 0 spiro atoms. The summed E-state index contributed by atoms with van der Waals surface area (Å²) in [4.78, 5) is 25.2. The number of fused-ring (bicyclic) bond motifs is 1. The van der Waals surface area contributed by atoms with Crippen molar-refractivity contribution in [2.24, 2.45) is 0 Å². The number of nitrogens with one attached hydrogen (secondary N) is 1. The second-order valence-electron chi connectivity index (χ2n) is 7.05. The summed E-state index contributed by atoms with van der Waals surface area (Å²) in [6.07, 6.45) is 1.53. The molecule has 7 nitrogen and oxygen atoms in total. The summed E-state index contributed by atoms with van der Waals surface area (Å²) in [6, 6.07) is 15.0. The predicted octanol–water partition coefficient (Wildman–Crippen LogP) is 4.32. The van der Waals surface area contributed by atoms with Gasteiger partial charge in [-0.25, -0.2) is 14.8 Å². The van der Waals surface area contributed by atoms with Gasteiger partial charge in [-0.3, -0.25) is 4.90 Å². The third-order valence-electron chi connectivity index (χ3n) is 5.05. The summed E-state index contributed by atoms with van der Waals surface area (Å²) < 4.78 is 5.21. The van der Waals surface area contributed by atoms with Crippen LogP contribution < -0.4 is 15.0 Å². The molecule has 0 unspecified atom stereocenters. The van der Waals surface area contributed by atoms with Gasteiger partial charge in [-0.05, 0) is 42.0 Å². The molecule has 1 N–H and O–H groups in total. The number of urea groups is 1. The maximum atomic E-state index is 13.0. The Bertz CT molecular complexity index is 1040. The maximum absolute atomic E-state index is 13.0. The van der Waals surface area contributed by atoms with Gasteiger partial charge in [0.25, 0.3) is 0 Å². The van der Waals surface area contributed by atoms with Crippen molar-refractivity contribution in [2.45, 2.75) is 19.6 Å². The van der Waals surface area contributed by atoms with Crippen LogP contribution in [-0.4, -0.2) is 35.1 Å². The minimum absolute atomic E-state index is 0.101. The molecule has 0 aliphatic carbocycles. The Hall–Kier alpha value is -3.32. The molecule has 8 heteroatoms. The molecule has 1 aliphatic rings. The zero-order valence-electron chi connectivity index (χ0n) is 16.8. The summed E-state index contributed by atoms with van der Waals surface area (Å²) in [5, 5.41) is 4.02. The highest BCUT2D eigenvalue weighted by molar-refractivity contribution is 6.30. The molecule has 0 saturated carbocycles. The van der Waals surface area contributed by atoms with Crippen molar-refractivity contribution in [1.82, 2.24) is 14.9 Å². The number of hydrogen-bond acceptors (Lipinski definition) is 5. The lowest BCUT2D eigenvalue weighted by molar-refractivity contribution is 0.214. The lowest BCUT2D eigenvalue weighted by atomic mass is 10.1. The average Bonchev–Trinajstić information content (AvgIpc) is 2.90. The molecule has 154 valence electrons. The minimum atomic E-state index is -0.101. The van der Waals surface area contributed by atoms with Crippen LogP contribution in [0.1, 0.15) is 16.8 Å². The number of anilines is 2. The van der Waals surface area contributed by atoms with Crippen LogP contribution in [0, 0.1) is 0 Å². The number of nitrogens with zero attached hydrogens (tertiary/aromatic N) is 4. The minimum Gasteiger partial charge on any atom is -0.497 e. The van der Waals surface area contributed by atoms with E-state index in [4.69, 9.17) is 16.3 Å². The van der Waals surface area contributed by atoms with Crippen molar-refractivity contribution < 1.29 is 9.53 Å². The van der Waals surface area contributed by atoms with Gasteiger partial charge in [-0.1, -0.05) is 23.7 Å². The predicted molar refractivity (Wildman–Crippen MR) is 117 cm³/mol. The van der Waals surface area contributed by atoms with Crippen LogP contribution >= 0.6 is 11.6 Å². The Kier molecular flexibility index (Phi) is 5.72. The molecule has 1 aliphatic heterocycles. The van der Waals surface area contributed by atoms with E-state index in [0.717, 1.165) is 34.1 Å². The fraction of sp³-hybridized carbons (Fsp3) is 0.227. The number of methoxy groups -OCH3 is 1. The largest absolute Gasteiger partial charge is 0.497 e. The number of benzene rings is 2. The Labute approximate surface area is 180 Å². The van der Waals surface area contributed by atoms with Crippen molar-refractivity contribution in [1.29, 1.82) is 0 Å². The first kappa shape index (κ1) is 20.0. The van der Waals surface area contributed by atoms with Gasteiger partial charge in [-0.2, -0.15) is 0 Å². The summed E-state index contributed by atoms with van der Waals surface area (Å²) in [6.45, 7) is 1.38. The Balaban J connectivity index is 1.62. The molecular weight excluding hydrogens is 402 g/mol. The first-order chi connectivity index (χ1) is 14.5. The lowest BCUT2D eigenvalue weighted by Gasteiger charge is -2.25. The van der Waals surface area contributed by atoms with E-state index in [1.54, 1.807) is 36.1 Å². The van der Waals surface area contributed by atoms with E-state index in [9.17, 15) is 4.79 Å². The number of ether oxygens (including phenoxy) is 1. The third-order valence-corrected chi connectivity index (χ3v) is 5.30. The highest BCUT2D eigenvalue weighted by atomic mass is 35.5. The van der Waals surface area contributed by atoms with Gasteiger partial charge in [0.2, 0.25) is 0 Å². The smallest absolute Gasteiger partial charge is 0.324 e. The molecule has 0 bridgehead atoms. The lowest BCUT2D eigenvalue weighted by Crippen LogP contribution is -2.38. The van der Waals surface area contributed by atoms with E-state index < -0.39 is 0 Å². The molecule has 4 rings (SSSR count). The molecule has 0 atom stereocenters. The van der Waals surface area contributed by atoms with Crippen molar-refractivity contribution in [3.63, 3.8) is 0 Å². The zero-order chi connectivity index (χ0) is 21.1. The molecule has 0 radical (unpaired) electrons. The third kappa shape index (κ3) is 4.16. The first-order valence-electron chi connectivity index (χ1n) is 9.53. The van der Waals surface area contributed by atoms with E-state index in [0.29, 0.717) is 24.7 Å². The van der Waals surface area contributed by atoms with E-state index in [2.05, 4.69) is 15.3 Å². The molecule has 0 saturated heterocycles. The van der Waals surface area contributed by atoms with Gasteiger partial charge in [0.15, 0.2) is 0 Å². The van der Waals surface area contributed by atoms with Crippen LogP contribution in [-0.2, 0) is 19.6 Å². The molecule has 30 heavy (non-hydrogen) atoms. The number of aromatic nitrogens is 2. The van der Waals surface area contributed by atoms with Crippen LogP contribution in [0.4, 0.5) is 16.3 Å². The Morgan fingerprint density at radius 2 is 1.80 bits per heavy atom. The number of carbonyl (C=O) groups excluding carboxylic acids is 1. The molecule has 0 fully saturated rings. The summed E-state index contributed by atoms with van der Waals surface area (Å²) in [7, 11) is 3.42. The van der Waals surface area contributed by atoms with Crippen LogP contribution in [0.2, 0.25) is 5.02 Å². The topological polar surface area (TPSA) is 70.6 Å². The van der Waals surface area contributed by atoms with Gasteiger partial charge in [0.05, 0.1) is 25.9 Å². The normalized spacial score (nSPS) is 13.6. The second-order valence-corrected chi connectivity index (χ2v) is 7.49. The van der Waals surface area contributed by atoms with E-state index in [1.807, 2.05) is 36.4 Å². The van der Waals surface area contributed by atoms with E-state index in [-0.39, 0.29) is 6.03 Å². The van der Waals surface area contributed by atoms with Gasteiger partial charge in [-0.15, -0.1) is 0 Å². The van der Waals surface area contributed by atoms with Crippen LogP contribution in [0.3, 0.4) is 0 Å². The monoisotopic (exact) mass is 423 g/mol. The zero-order valence-corrected chi connectivity index (χ0v) is 17.6. The second kappa shape index (κ2) is 8.59. The van der Waals surface area contributed by atoms with E-state index >= 15 is 0 Å². The van der Waals surface area contributed by atoms with Crippen LogP contribution in [0.25, 0.3) is 0 Å². The Morgan fingerprint density at radius 1 is 1.07 bits per heavy atom. The molecule has 3 aromatic rings. The van der Waals surface area contributed by atoms with Crippen molar-refractivity contribution in [3.8, 4) is 5.75 Å². The molecular formula is C22H22ClN5O2.